The van der Waals surface area contributed by atoms with Crippen LogP contribution in [0, 0.1) is 6.20 Å². The molecule has 1 aromatic carbocycles. The van der Waals surface area contributed by atoms with Crippen LogP contribution in [0.4, 0.5) is 0 Å². The zero-order valence-corrected chi connectivity index (χ0v) is 24.9. The summed E-state index contributed by atoms with van der Waals surface area (Å²) in [5.41, 5.74) is 0.472. The molecule has 0 saturated carbocycles. The Morgan fingerprint density at radius 1 is 1.00 bits per heavy atom. The second-order valence-corrected chi connectivity index (χ2v) is 22.2. The van der Waals surface area contributed by atoms with Gasteiger partial charge in [0.1, 0.15) is 0 Å². The van der Waals surface area contributed by atoms with Crippen molar-refractivity contribution in [2.75, 3.05) is 0 Å². The molecule has 0 saturated heterocycles. The first-order chi connectivity index (χ1) is 15.0. The van der Waals surface area contributed by atoms with Crippen molar-refractivity contribution in [2.45, 2.75) is 98.5 Å². The molecule has 0 bridgehead atoms. The molecule has 32 heavy (non-hydrogen) atoms. The van der Waals surface area contributed by atoms with Gasteiger partial charge in [-0.1, -0.05) is 0 Å². The Hall–Kier alpha value is -0.821. The predicted octanol–water partition coefficient (Wildman–Crippen LogP) is 6.39. The van der Waals surface area contributed by atoms with Gasteiger partial charge in [0.25, 0.3) is 0 Å². The van der Waals surface area contributed by atoms with Crippen molar-refractivity contribution in [3.63, 3.8) is 0 Å². The van der Waals surface area contributed by atoms with E-state index in [-0.39, 0.29) is 17.0 Å². The molecule has 0 atom stereocenters. The van der Waals surface area contributed by atoms with Crippen molar-refractivity contribution in [2.24, 2.45) is 0 Å². The van der Waals surface area contributed by atoms with Gasteiger partial charge in [-0.2, -0.15) is 0 Å². The molecule has 0 radical (unpaired) electrons. The first-order valence-corrected chi connectivity index (χ1v) is 19.8. The van der Waals surface area contributed by atoms with Crippen LogP contribution in [0.25, 0.3) is 0 Å². The minimum absolute atomic E-state index is 0. The molecule has 2 aromatic rings. The van der Waals surface area contributed by atoms with Crippen molar-refractivity contribution in [1.29, 1.82) is 0 Å². The van der Waals surface area contributed by atoms with Gasteiger partial charge in [-0.05, 0) is 0 Å². The third kappa shape index (κ3) is 9.20. The number of nitrogens with zero attached hydrogens (tertiary/aromatic N) is 2. The van der Waals surface area contributed by atoms with Gasteiger partial charge >= 0.3 is 194 Å². The van der Waals surface area contributed by atoms with Gasteiger partial charge < -0.3 is 0 Å². The molecule has 0 aliphatic rings. The molecule has 2 rings (SSSR count). The molecular formula is C26H43BrN2O2Sn. The zero-order chi connectivity index (χ0) is 22.5. The fraction of sp³-hybridized carbons (Fsp3) is 0.615. The summed E-state index contributed by atoms with van der Waals surface area (Å²) in [6.07, 6.45) is 17.6. The number of carbonyl (C=O) groups is 1. The monoisotopic (exact) mass is 614 g/mol. The number of hydrogen-bond acceptors (Lipinski definition) is 1. The van der Waals surface area contributed by atoms with Gasteiger partial charge in [0, 0.05) is 0 Å². The fourth-order valence-electron chi connectivity index (χ4n) is 4.62. The normalized spacial score (nSPS) is 11.3. The molecule has 1 N–H and O–H groups in total. The van der Waals surface area contributed by atoms with Crippen LogP contribution >= 0.6 is 17.0 Å². The number of unbranched alkanes of at least 4 members (excludes halogenated alkanes) is 5. The van der Waals surface area contributed by atoms with E-state index in [0.29, 0.717) is 5.56 Å². The summed E-state index contributed by atoms with van der Waals surface area (Å²) < 4.78 is 9.88. The molecule has 0 unspecified atom stereocenters. The quantitative estimate of drug-likeness (QED) is 0.103. The summed E-state index contributed by atoms with van der Waals surface area (Å²) in [5.74, 6) is -0.792. The van der Waals surface area contributed by atoms with E-state index >= 15 is 0 Å². The second-order valence-electron chi connectivity index (χ2n) is 8.94. The number of carboxylic acids is 1. The number of aryl methyl sites for hydroxylation is 2. The average molecular weight is 614 g/mol. The van der Waals surface area contributed by atoms with E-state index in [0.717, 1.165) is 13.1 Å². The van der Waals surface area contributed by atoms with Crippen LogP contribution in [0.2, 0.25) is 13.3 Å². The van der Waals surface area contributed by atoms with Gasteiger partial charge in [0.2, 0.25) is 0 Å². The number of aromatic carboxylic acids is 1. The third-order valence-corrected chi connectivity index (χ3v) is 22.2. The Morgan fingerprint density at radius 3 is 2.25 bits per heavy atom. The Balaban J connectivity index is 0.00000512. The van der Waals surface area contributed by atoms with Gasteiger partial charge in [0.05, 0.1) is 0 Å². The van der Waals surface area contributed by atoms with Crippen LogP contribution in [0.1, 0.15) is 82.5 Å². The summed E-state index contributed by atoms with van der Waals surface area (Å²) in [6.45, 7) is 8.75. The van der Waals surface area contributed by atoms with Crippen molar-refractivity contribution in [3.05, 3.63) is 48.5 Å². The number of rotatable bonds is 16. The van der Waals surface area contributed by atoms with Gasteiger partial charge in [-0.15, -0.1) is 17.0 Å². The second kappa shape index (κ2) is 15.9. The van der Waals surface area contributed by atoms with Crippen molar-refractivity contribution in [3.8, 4) is 0 Å². The fourth-order valence-corrected chi connectivity index (χ4v) is 20.4. The van der Waals surface area contributed by atoms with E-state index in [9.17, 15) is 9.90 Å². The Morgan fingerprint density at radius 2 is 1.66 bits per heavy atom. The number of hydrogen-bond donors (Lipinski definition) is 1. The van der Waals surface area contributed by atoms with E-state index in [1.54, 1.807) is 6.07 Å². The SMILES string of the molecule is Br.CCC[CH2][Sn]([CH2]CCC)([CH2]CCCCCn1c[c-][n+](CC)c1)[c]1cccc(C(=O)O)c1. The van der Waals surface area contributed by atoms with E-state index in [2.05, 4.69) is 54.7 Å². The van der Waals surface area contributed by atoms with E-state index < -0.39 is 24.3 Å². The van der Waals surface area contributed by atoms with Crippen LogP contribution in [-0.4, -0.2) is 34.0 Å². The summed E-state index contributed by atoms with van der Waals surface area (Å²) in [5, 5.41) is 9.53. The van der Waals surface area contributed by atoms with Crippen LogP contribution in [0.15, 0.2) is 36.8 Å². The van der Waals surface area contributed by atoms with Gasteiger partial charge in [0.15, 0.2) is 0 Å². The van der Waals surface area contributed by atoms with Crippen molar-refractivity contribution >= 4 is 44.9 Å². The first-order valence-electron chi connectivity index (χ1n) is 12.4. The molecule has 0 aliphatic carbocycles. The predicted molar refractivity (Wildman–Crippen MR) is 141 cm³/mol. The van der Waals surface area contributed by atoms with E-state index in [4.69, 9.17) is 0 Å². The van der Waals surface area contributed by atoms with Crippen molar-refractivity contribution < 1.29 is 14.5 Å². The number of imidazole rings is 1. The Kier molecular flexibility index (Phi) is 14.5. The molecule has 6 heteroatoms. The van der Waals surface area contributed by atoms with Crippen LogP contribution in [-0.2, 0) is 13.1 Å². The summed E-state index contributed by atoms with van der Waals surface area (Å²) in [6, 6.07) is 8.04. The standard InChI is InChI=1S/C11H19N2.C7H5O2.2C4H9.BrH.Sn/c1-3-5-6-7-8-13-10-9-12(4-2)11-13;8-7(9)6-4-2-1-3-5-6;2*1-3-4-2;;/h10-11H,1,3-8H2,2H3;1-2,4-5H,(H,8,9);2*1,3-4H2,2H3;1H;. The number of benzene rings is 1. The Bertz CT molecular complexity index is 786. The van der Waals surface area contributed by atoms with Crippen LogP contribution in [0.5, 0.6) is 0 Å². The zero-order valence-electron chi connectivity index (χ0n) is 20.3. The number of halogens is 1. The molecule has 0 spiro atoms. The Labute approximate surface area is 210 Å². The van der Waals surface area contributed by atoms with Crippen LogP contribution in [0.3, 0.4) is 0 Å². The summed E-state index contributed by atoms with van der Waals surface area (Å²) in [7, 11) is 0. The molecule has 4 nitrogen and oxygen atoms in total. The van der Waals surface area contributed by atoms with E-state index in [1.165, 1.54) is 68.3 Å². The van der Waals surface area contributed by atoms with Gasteiger partial charge in [-0.3, -0.25) is 0 Å². The van der Waals surface area contributed by atoms with E-state index in [1.807, 2.05) is 12.1 Å². The maximum absolute atomic E-state index is 11.6. The summed E-state index contributed by atoms with van der Waals surface area (Å²) >= 11 is -2.62. The molecule has 1 aromatic heterocycles. The maximum atomic E-state index is 11.6. The first kappa shape index (κ1) is 29.2. The molecular weight excluding hydrogens is 571 g/mol. The molecule has 0 aliphatic heterocycles. The molecule has 0 amide bonds. The van der Waals surface area contributed by atoms with Crippen LogP contribution < -0.4 is 8.15 Å². The average Bonchev–Trinajstić information content (AvgIpc) is 3.25. The molecule has 1 heterocycles. The number of carboxylic acid groups (broad SMARTS) is 1. The topological polar surface area (TPSA) is 46.1 Å². The summed E-state index contributed by atoms with van der Waals surface area (Å²) in [4.78, 5) is 11.6. The molecule has 0 fully saturated rings. The third-order valence-electron chi connectivity index (χ3n) is 6.58. The van der Waals surface area contributed by atoms with Gasteiger partial charge in [-0.25, -0.2) is 0 Å². The minimum atomic E-state index is -2.62. The van der Waals surface area contributed by atoms with Crippen molar-refractivity contribution in [1.82, 2.24) is 4.57 Å². The molecule has 180 valence electrons. The number of aromatic nitrogens is 2.